The number of primary amides is 1. The predicted octanol–water partition coefficient (Wildman–Crippen LogP) is 3.32. The molecule has 0 saturated carbocycles. The van der Waals surface area contributed by atoms with Gasteiger partial charge >= 0.3 is 12.2 Å². The molecule has 0 spiro atoms. The number of halogens is 3. The summed E-state index contributed by atoms with van der Waals surface area (Å²) in [6.45, 7) is 0. The first-order valence-corrected chi connectivity index (χ1v) is 7.85. The van der Waals surface area contributed by atoms with E-state index in [0.717, 1.165) is 24.0 Å². The summed E-state index contributed by atoms with van der Waals surface area (Å²) in [5, 5.41) is 5.31. The number of hydrogen-bond donors (Lipinski definition) is 3. The summed E-state index contributed by atoms with van der Waals surface area (Å²) in [5.74, 6) is -0.359. The molecule has 0 fully saturated rings. The topological polar surface area (TPSA) is 97.1 Å². The van der Waals surface area contributed by atoms with Crippen molar-refractivity contribution in [2.45, 2.75) is 11.2 Å². The maximum atomic E-state index is 12.4. The van der Waals surface area contributed by atoms with Crippen LogP contribution in [0.25, 0.3) is 0 Å². The highest BCUT2D eigenvalue weighted by atomic mass is 32.2. The molecule has 4 N–H and O–H groups in total. The number of carbonyl (C=O) groups is 2. The van der Waals surface area contributed by atoms with Crippen molar-refractivity contribution in [1.82, 2.24) is 4.98 Å². The Labute approximate surface area is 145 Å². The Kier molecular flexibility index (Phi) is 5.86. The van der Waals surface area contributed by atoms with Crippen LogP contribution in [0.15, 0.2) is 47.6 Å². The number of nitrogens with two attached hydrogens (primary N) is 1. The molecular weight excluding hydrogens is 357 g/mol. The first-order valence-electron chi connectivity index (χ1n) is 6.86. The lowest BCUT2D eigenvalue weighted by Crippen LogP contribution is -2.19. The van der Waals surface area contributed by atoms with Gasteiger partial charge in [0, 0.05) is 17.6 Å². The van der Waals surface area contributed by atoms with Gasteiger partial charge in [0.05, 0.1) is 16.3 Å². The van der Waals surface area contributed by atoms with Crippen molar-refractivity contribution in [1.29, 1.82) is 0 Å². The van der Waals surface area contributed by atoms with Crippen LogP contribution in [0.4, 0.5) is 29.3 Å². The summed E-state index contributed by atoms with van der Waals surface area (Å²) >= 11 is 1.01. The zero-order valence-electron chi connectivity index (χ0n) is 12.6. The van der Waals surface area contributed by atoms with Gasteiger partial charge in [0.1, 0.15) is 0 Å². The number of aromatic nitrogens is 1. The smallest absolute Gasteiger partial charge is 0.351 e. The number of nitrogens with one attached hydrogen (secondary N) is 2. The van der Waals surface area contributed by atoms with Gasteiger partial charge < -0.3 is 16.4 Å². The number of carbonyl (C=O) groups excluding carboxylic acids is 2. The lowest BCUT2D eigenvalue weighted by Gasteiger charge is -2.08. The second-order valence-electron chi connectivity index (χ2n) is 4.79. The van der Waals surface area contributed by atoms with E-state index in [1.165, 1.54) is 6.07 Å². The Hall–Kier alpha value is -2.75. The molecule has 25 heavy (non-hydrogen) atoms. The Balaban J connectivity index is 1.85. The van der Waals surface area contributed by atoms with Crippen LogP contribution in [0.2, 0.25) is 0 Å². The lowest BCUT2D eigenvalue weighted by atomic mass is 10.3. The molecule has 0 aliphatic heterocycles. The van der Waals surface area contributed by atoms with Gasteiger partial charge in [-0.3, -0.25) is 4.79 Å². The fraction of sp³-hybridized carbons (Fsp3) is 0.133. The van der Waals surface area contributed by atoms with Gasteiger partial charge in [0.25, 0.3) is 0 Å². The van der Waals surface area contributed by atoms with Gasteiger partial charge in [-0.05, 0) is 36.4 Å². The molecule has 2 rings (SSSR count). The van der Waals surface area contributed by atoms with E-state index in [-0.39, 0.29) is 11.7 Å². The molecule has 10 heteroatoms. The zero-order valence-corrected chi connectivity index (χ0v) is 13.4. The Morgan fingerprint density at radius 3 is 2.12 bits per heavy atom. The molecule has 2 aromatic rings. The monoisotopic (exact) mass is 370 g/mol. The van der Waals surface area contributed by atoms with E-state index in [9.17, 15) is 22.8 Å². The predicted molar refractivity (Wildman–Crippen MR) is 88.2 cm³/mol. The summed E-state index contributed by atoms with van der Waals surface area (Å²) in [6, 6.07) is 7.70. The number of nitrogens with zero attached hydrogens (tertiary/aromatic N) is 1. The third kappa shape index (κ3) is 5.99. The molecule has 0 unspecified atom stereocenters. The fourth-order valence-electron chi connectivity index (χ4n) is 1.75. The molecule has 1 aromatic carbocycles. The van der Waals surface area contributed by atoms with E-state index in [4.69, 9.17) is 5.73 Å². The number of hydrogen-bond acceptors (Lipinski definition) is 4. The molecule has 0 atom stereocenters. The normalized spacial score (nSPS) is 11.0. The van der Waals surface area contributed by atoms with E-state index in [2.05, 4.69) is 15.6 Å². The Bertz CT molecular complexity index is 749. The lowest BCUT2D eigenvalue weighted by molar-refractivity contribution is -0.137. The second kappa shape index (κ2) is 7.88. The van der Waals surface area contributed by atoms with E-state index in [1.807, 2.05) is 0 Å². The maximum Gasteiger partial charge on any atom is 0.417 e. The molecule has 3 amide bonds. The zero-order chi connectivity index (χ0) is 18.4. The van der Waals surface area contributed by atoms with E-state index in [1.54, 1.807) is 24.3 Å². The molecule has 132 valence electrons. The Morgan fingerprint density at radius 1 is 1.04 bits per heavy atom. The first-order chi connectivity index (χ1) is 11.7. The molecule has 0 aliphatic rings. The third-order valence-corrected chi connectivity index (χ3v) is 3.79. The summed E-state index contributed by atoms with van der Waals surface area (Å²) in [7, 11) is 0. The molecule has 0 bridgehead atoms. The van der Waals surface area contributed by atoms with Crippen LogP contribution in [0, 0.1) is 0 Å². The van der Waals surface area contributed by atoms with Crippen LogP contribution in [-0.2, 0) is 11.0 Å². The van der Waals surface area contributed by atoms with Crippen LogP contribution >= 0.6 is 11.8 Å². The number of amides is 3. The molecular formula is C15H13F3N4O2S. The minimum atomic E-state index is -4.44. The standard InChI is InChI=1S/C15H13F3N4O2S/c16-15(17,18)9-1-6-13(20-7-9)25-8-12(23)21-10-2-4-11(5-3-10)22-14(19)24/h1-7H,8H2,(H,21,23)(H3,19,22,24). The second-order valence-corrected chi connectivity index (χ2v) is 5.78. The van der Waals surface area contributed by atoms with Crippen molar-refractivity contribution in [3.05, 3.63) is 48.2 Å². The van der Waals surface area contributed by atoms with Gasteiger partial charge in [-0.2, -0.15) is 13.2 Å². The number of benzene rings is 1. The molecule has 0 saturated heterocycles. The van der Waals surface area contributed by atoms with Gasteiger partial charge in [-0.1, -0.05) is 11.8 Å². The van der Waals surface area contributed by atoms with Crippen molar-refractivity contribution in [2.75, 3.05) is 16.4 Å². The van der Waals surface area contributed by atoms with Crippen molar-refractivity contribution in [2.24, 2.45) is 5.73 Å². The summed E-state index contributed by atoms with van der Waals surface area (Å²) in [6.07, 6.45) is -3.71. The number of pyridine rings is 1. The van der Waals surface area contributed by atoms with Crippen LogP contribution in [0.5, 0.6) is 0 Å². The van der Waals surface area contributed by atoms with Crippen molar-refractivity contribution in [3.63, 3.8) is 0 Å². The minimum absolute atomic E-state index is 0.0142. The molecule has 1 aromatic heterocycles. The summed E-state index contributed by atoms with van der Waals surface area (Å²) in [5.41, 5.74) is 5.12. The van der Waals surface area contributed by atoms with Crippen LogP contribution in [-0.4, -0.2) is 22.7 Å². The van der Waals surface area contributed by atoms with Gasteiger partial charge in [-0.25, -0.2) is 9.78 Å². The van der Waals surface area contributed by atoms with Gasteiger partial charge in [0.2, 0.25) is 5.91 Å². The highest BCUT2D eigenvalue weighted by molar-refractivity contribution is 7.99. The number of alkyl halides is 3. The van der Waals surface area contributed by atoms with Crippen LogP contribution in [0.1, 0.15) is 5.56 Å². The maximum absolute atomic E-state index is 12.4. The van der Waals surface area contributed by atoms with Gasteiger partial charge in [0.15, 0.2) is 0 Å². The first kappa shape index (κ1) is 18.6. The summed E-state index contributed by atoms with van der Waals surface area (Å²) < 4.78 is 37.3. The SMILES string of the molecule is NC(=O)Nc1ccc(NC(=O)CSc2ccc(C(F)(F)F)cn2)cc1. The van der Waals surface area contributed by atoms with Crippen LogP contribution < -0.4 is 16.4 Å². The van der Waals surface area contributed by atoms with Crippen LogP contribution in [0.3, 0.4) is 0 Å². The van der Waals surface area contributed by atoms with E-state index < -0.39 is 17.8 Å². The average Bonchev–Trinajstić information content (AvgIpc) is 2.54. The van der Waals surface area contributed by atoms with Crippen molar-refractivity contribution < 1.29 is 22.8 Å². The third-order valence-electron chi connectivity index (χ3n) is 2.85. The van der Waals surface area contributed by atoms with Crippen molar-refractivity contribution >= 4 is 35.1 Å². The molecule has 0 aliphatic carbocycles. The number of thioether (sulfide) groups is 1. The molecule has 1 heterocycles. The minimum Gasteiger partial charge on any atom is -0.351 e. The van der Waals surface area contributed by atoms with E-state index >= 15 is 0 Å². The highest BCUT2D eigenvalue weighted by Crippen LogP contribution is 2.29. The molecule has 6 nitrogen and oxygen atoms in total. The quantitative estimate of drug-likeness (QED) is 0.704. The van der Waals surface area contributed by atoms with Crippen molar-refractivity contribution in [3.8, 4) is 0 Å². The van der Waals surface area contributed by atoms with E-state index in [0.29, 0.717) is 16.4 Å². The number of rotatable bonds is 5. The summed E-state index contributed by atoms with van der Waals surface area (Å²) in [4.78, 5) is 26.2. The number of urea groups is 1. The largest absolute Gasteiger partial charge is 0.417 e. The Morgan fingerprint density at radius 2 is 1.64 bits per heavy atom. The van der Waals surface area contributed by atoms with Gasteiger partial charge in [-0.15, -0.1) is 0 Å². The fourth-order valence-corrected chi connectivity index (χ4v) is 2.39. The highest BCUT2D eigenvalue weighted by Gasteiger charge is 2.30. The molecule has 0 radical (unpaired) electrons. The average molecular weight is 370 g/mol. The number of anilines is 2.